The topological polar surface area (TPSA) is 82.4 Å². The third-order valence-corrected chi connectivity index (χ3v) is 6.94. The van der Waals surface area contributed by atoms with Crippen LogP contribution >= 0.6 is 11.3 Å². The van der Waals surface area contributed by atoms with Gasteiger partial charge >= 0.3 is 5.97 Å². The Balaban J connectivity index is 1.66. The fourth-order valence-corrected chi connectivity index (χ4v) is 5.20. The molecule has 2 aliphatic rings. The van der Waals surface area contributed by atoms with Crippen molar-refractivity contribution >= 4 is 34.8 Å². The van der Waals surface area contributed by atoms with Crippen LogP contribution in [0, 0.1) is 0 Å². The highest BCUT2D eigenvalue weighted by atomic mass is 32.1. The number of benzene rings is 2. The number of ether oxygens (including phenoxy) is 3. The van der Waals surface area contributed by atoms with E-state index in [1.807, 2.05) is 61.5 Å². The Morgan fingerprint density at radius 1 is 1.20 bits per heavy atom. The molecule has 180 valence electrons. The number of fused-ring (bicyclic) bond motifs is 2. The Hall–Kier alpha value is -3.85. The van der Waals surface area contributed by atoms with Crippen LogP contribution in [-0.4, -0.2) is 38.0 Å². The molecule has 0 aliphatic carbocycles. The fraction of sp³-hybridized carbons (Fsp3) is 0.269. The molecule has 0 spiro atoms. The number of anilines is 1. The Morgan fingerprint density at radius 3 is 2.66 bits per heavy atom. The lowest BCUT2D eigenvalue weighted by molar-refractivity contribution is -0.138. The average molecular weight is 492 g/mol. The Labute approximate surface area is 206 Å². The number of nitrogens with zero attached hydrogens (tertiary/aromatic N) is 3. The van der Waals surface area contributed by atoms with Crippen LogP contribution in [-0.2, 0) is 9.53 Å². The molecule has 0 saturated heterocycles. The predicted octanol–water partition coefficient (Wildman–Crippen LogP) is 2.70. The van der Waals surface area contributed by atoms with Crippen LogP contribution in [0.4, 0.5) is 5.69 Å². The molecule has 0 saturated carbocycles. The standard InChI is InChI=1S/C26H25N3O5S/c1-5-32-25(31)22-15(2)29-24(30)21(12-16-6-9-18(10-7-16)28(3)4)35-26(29)27-23(22)17-8-11-19-20(13-17)34-14-33-19/h6-13,23H,5,14H2,1-4H3/b21-12-/t23-/m1/s1. The van der Waals surface area contributed by atoms with Gasteiger partial charge in [0.2, 0.25) is 6.79 Å². The van der Waals surface area contributed by atoms with Crippen LogP contribution in [0.2, 0.25) is 0 Å². The van der Waals surface area contributed by atoms with Crippen LogP contribution in [0.1, 0.15) is 31.0 Å². The summed E-state index contributed by atoms with van der Waals surface area (Å²) in [6, 6.07) is 12.8. The van der Waals surface area contributed by atoms with Crippen LogP contribution in [0.25, 0.3) is 11.8 Å². The molecule has 2 aromatic carbocycles. The van der Waals surface area contributed by atoms with Gasteiger partial charge in [-0.05, 0) is 55.3 Å². The molecule has 0 bridgehead atoms. The first-order valence-electron chi connectivity index (χ1n) is 11.2. The minimum absolute atomic E-state index is 0.152. The zero-order valence-corrected chi connectivity index (χ0v) is 20.7. The minimum Gasteiger partial charge on any atom is -0.463 e. The second-order valence-corrected chi connectivity index (χ2v) is 9.39. The first kappa shape index (κ1) is 22.9. The SMILES string of the molecule is CCOC(=O)C1=C(C)n2c(s/c(=C\c3ccc(N(C)C)cc3)c2=O)=N[C@@H]1c1ccc2c(c1)OCO2. The highest BCUT2D eigenvalue weighted by Gasteiger charge is 2.32. The van der Waals surface area contributed by atoms with Gasteiger partial charge in [0, 0.05) is 25.5 Å². The van der Waals surface area contributed by atoms with Gasteiger partial charge in [0.1, 0.15) is 6.04 Å². The number of carbonyl (C=O) groups is 1. The quantitative estimate of drug-likeness (QED) is 0.511. The molecule has 1 atom stereocenters. The Bertz CT molecular complexity index is 1520. The predicted molar refractivity (Wildman–Crippen MR) is 135 cm³/mol. The van der Waals surface area contributed by atoms with Gasteiger partial charge in [-0.15, -0.1) is 0 Å². The van der Waals surface area contributed by atoms with Crippen molar-refractivity contribution in [2.75, 3.05) is 32.4 Å². The Morgan fingerprint density at radius 2 is 1.94 bits per heavy atom. The van der Waals surface area contributed by atoms with Gasteiger partial charge in [-0.25, -0.2) is 9.79 Å². The molecular formula is C26H25N3O5S. The monoisotopic (exact) mass is 491 g/mol. The molecule has 0 radical (unpaired) electrons. The summed E-state index contributed by atoms with van der Waals surface area (Å²) in [4.78, 5) is 33.8. The third kappa shape index (κ3) is 4.12. The number of hydrogen-bond acceptors (Lipinski definition) is 8. The maximum absolute atomic E-state index is 13.4. The average Bonchev–Trinajstić information content (AvgIpc) is 3.43. The number of esters is 1. The molecule has 1 aromatic heterocycles. The van der Waals surface area contributed by atoms with Crippen molar-refractivity contribution in [3.63, 3.8) is 0 Å². The van der Waals surface area contributed by atoms with Crippen LogP contribution in [0.5, 0.6) is 11.5 Å². The summed E-state index contributed by atoms with van der Waals surface area (Å²) in [7, 11) is 3.96. The first-order chi connectivity index (χ1) is 16.9. The molecule has 35 heavy (non-hydrogen) atoms. The summed E-state index contributed by atoms with van der Waals surface area (Å²) in [6.07, 6.45) is 1.85. The minimum atomic E-state index is -0.631. The number of allylic oxidation sites excluding steroid dienone is 1. The highest BCUT2D eigenvalue weighted by molar-refractivity contribution is 7.07. The molecule has 2 aliphatic heterocycles. The van der Waals surface area contributed by atoms with Gasteiger partial charge in [-0.1, -0.05) is 29.5 Å². The molecule has 0 unspecified atom stereocenters. The zero-order valence-electron chi connectivity index (χ0n) is 19.9. The van der Waals surface area contributed by atoms with Gasteiger partial charge in [-0.3, -0.25) is 9.36 Å². The highest BCUT2D eigenvalue weighted by Crippen LogP contribution is 2.38. The fourth-order valence-electron chi connectivity index (χ4n) is 4.16. The van der Waals surface area contributed by atoms with E-state index in [4.69, 9.17) is 19.2 Å². The number of carbonyl (C=O) groups excluding carboxylic acids is 1. The van der Waals surface area contributed by atoms with E-state index >= 15 is 0 Å². The van der Waals surface area contributed by atoms with Crippen molar-refractivity contribution in [3.8, 4) is 11.5 Å². The van der Waals surface area contributed by atoms with E-state index < -0.39 is 12.0 Å². The summed E-state index contributed by atoms with van der Waals surface area (Å²) in [5, 5.41) is 0. The normalized spacial score (nSPS) is 16.7. The largest absolute Gasteiger partial charge is 0.463 e. The third-order valence-electron chi connectivity index (χ3n) is 5.96. The van der Waals surface area contributed by atoms with Crippen LogP contribution in [0.15, 0.2) is 57.8 Å². The summed E-state index contributed by atoms with van der Waals surface area (Å²) < 4.78 is 18.3. The Kier molecular flexibility index (Phi) is 5.94. The van der Waals surface area contributed by atoms with E-state index in [0.29, 0.717) is 32.1 Å². The van der Waals surface area contributed by atoms with Crippen molar-refractivity contribution in [1.82, 2.24) is 4.57 Å². The van der Waals surface area contributed by atoms with E-state index in [-0.39, 0.29) is 19.0 Å². The molecule has 3 heterocycles. The van der Waals surface area contributed by atoms with Crippen molar-refractivity contribution in [2.45, 2.75) is 19.9 Å². The summed E-state index contributed by atoms with van der Waals surface area (Å²) in [5.74, 6) is 0.751. The zero-order chi connectivity index (χ0) is 24.7. The molecule has 9 heteroatoms. The van der Waals surface area contributed by atoms with Crippen molar-refractivity contribution in [1.29, 1.82) is 0 Å². The maximum Gasteiger partial charge on any atom is 0.338 e. The molecular weight excluding hydrogens is 466 g/mol. The number of aromatic nitrogens is 1. The van der Waals surface area contributed by atoms with Gasteiger partial charge in [0.15, 0.2) is 16.3 Å². The molecule has 0 N–H and O–H groups in total. The maximum atomic E-state index is 13.4. The molecule has 3 aromatic rings. The molecule has 0 amide bonds. The van der Waals surface area contributed by atoms with Crippen molar-refractivity contribution < 1.29 is 19.0 Å². The lowest BCUT2D eigenvalue weighted by atomic mass is 9.96. The lowest BCUT2D eigenvalue weighted by Gasteiger charge is -2.22. The summed E-state index contributed by atoms with van der Waals surface area (Å²) in [5.41, 5.74) is 3.37. The van der Waals surface area contributed by atoms with E-state index in [9.17, 15) is 9.59 Å². The lowest BCUT2D eigenvalue weighted by Crippen LogP contribution is -2.35. The van der Waals surface area contributed by atoms with Gasteiger partial charge in [0.25, 0.3) is 5.56 Å². The number of hydrogen-bond donors (Lipinski definition) is 0. The summed E-state index contributed by atoms with van der Waals surface area (Å²) in [6.45, 7) is 3.88. The second kappa shape index (κ2) is 9.07. The van der Waals surface area contributed by atoms with Crippen LogP contribution in [0.3, 0.4) is 0 Å². The van der Waals surface area contributed by atoms with Crippen LogP contribution < -0.4 is 29.3 Å². The van der Waals surface area contributed by atoms with E-state index in [1.54, 1.807) is 19.9 Å². The van der Waals surface area contributed by atoms with E-state index in [1.165, 1.54) is 15.9 Å². The second-order valence-electron chi connectivity index (χ2n) is 8.38. The molecule has 5 rings (SSSR count). The number of thiazole rings is 1. The number of rotatable bonds is 5. The molecule has 8 nitrogen and oxygen atoms in total. The first-order valence-corrected chi connectivity index (χ1v) is 12.1. The van der Waals surface area contributed by atoms with Gasteiger partial charge < -0.3 is 19.1 Å². The van der Waals surface area contributed by atoms with Crippen molar-refractivity contribution in [3.05, 3.63) is 78.9 Å². The van der Waals surface area contributed by atoms with Gasteiger partial charge in [0.05, 0.1) is 16.7 Å². The van der Waals surface area contributed by atoms with Crippen molar-refractivity contribution in [2.24, 2.45) is 4.99 Å². The smallest absolute Gasteiger partial charge is 0.338 e. The molecule has 0 fully saturated rings. The summed E-state index contributed by atoms with van der Waals surface area (Å²) >= 11 is 1.30. The van der Waals surface area contributed by atoms with E-state index in [0.717, 1.165) is 16.8 Å². The van der Waals surface area contributed by atoms with E-state index in [2.05, 4.69) is 0 Å². The van der Waals surface area contributed by atoms with Gasteiger partial charge in [-0.2, -0.15) is 0 Å².